The molecule has 1 aromatic carbocycles. The van der Waals surface area contributed by atoms with Crippen LogP contribution < -0.4 is 4.74 Å². The van der Waals surface area contributed by atoms with E-state index in [-0.39, 0.29) is 0 Å². The van der Waals surface area contributed by atoms with E-state index in [1.54, 1.807) is 7.11 Å². The highest BCUT2D eigenvalue weighted by Crippen LogP contribution is 2.27. The number of fused-ring (bicyclic) bond motifs is 1. The lowest BCUT2D eigenvalue weighted by molar-refractivity contribution is 0.266. The Balaban J connectivity index is 2.09. The number of hydrogen-bond donors (Lipinski definition) is 0. The van der Waals surface area contributed by atoms with E-state index in [9.17, 15) is 0 Å². The van der Waals surface area contributed by atoms with Crippen molar-refractivity contribution < 1.29 is 4.74 Å². The van der Waals surface area contributed by atoms with E-state index in [0.717, 1.165) is 38.0 Å². The third-order valence-corrected chi connectivity index (χ3v) is 4.00. The number of hydrogen-bond acceptors (Lipinski definition) is 3. The molecule has 0 aliphatic heterocycles. The van der Waals surface area contributed by atoms with Gasteiger partial charge in [-0.25, -0.2) is 0 Å². The van der Waals surface area contributed by atoms with Crippen molar-refractivity contribution >= 4 is 0 Å². The number of nitrogens with zero attached hydrogens (tertiary/aromatic N) is 2. The maximum atomic E-state index is 8.69. The van der Waals surface area contributed by atoms with Crippen molar-refractivity contribution in [2.45, 2.75) is 45.1 Å². The zero-order valence-corrected chi connectivity index (χ0v) is 12.9. The summed E-state index contributed by atoms with van der Waals surface area (Å²) in [4.78, 5) is 2.22. The summed E-state index contributed by atoms with van der Waals surface area (Å²) < 4.78 is 5.33. The third kappa shape index (κ3) is 3.92. The molecule has 1 aliphatic rings. The number of aryl methyl sites for hydroxylation is 1. The van der Waals surface area contributed by atoms with Crippen LogP contribution in [0, 0.1) is 23.3 Å². The predicted molar refractivity (Wildman–Crippen MR) is 83.8 cm³/mol. The molecule has 1 aromatic rings. The van der Waals surface area contributed by atoms with Crippen LogP contribution >= 0.6 is 0 Å². The minimum atomic E-state index is 0.441. The molecule has 3 nitrogen and oxygen atoms in total. The molecule has 1 aliphatic carbocycles. The fourth-order valence-corrected chi connectivity index (χ4v) is 2.91. The van der Waals surface area contributed by atoms with Crippen molar-refractivity contribution in [1.29, 1.82) is 5.26 Å². The first-order chi connectivity index (χ1) is 10.3. The fraction of sp³-hybridized carbons (Fsp3) is 0.500. The Bertz CT molecular complexity index is 577. The normalized spacial score (nSPS) is 16.1. The first-order valence-electron chi connectivity index (χ1n) is 7.50. The Morgan fingerprint density at radius 2 is 2.24 bits per heavy atom. The van der Waals surface area contributed by atoms with Gasteiger partial charge in [-0.3, -0.25) is 0 Å². The number of unbranched alkanes of at least 4 members (excludes halogenated alkanes) is 1. The minimum absolute atomic E-state index is 0.441. The van der Waals surface area contributed by atoms with Crippen LogP contribution in [-0.4, -0.2) is 24.6 Å². The average molecular weight is 282 g/mol. The van der Waals surface area contributed by atoms with Crippen LogP contribution in [0.15, 0.2) is 18.2 Å². The average Bonchev–Trinajstić information content (AvgIpc) is 2.53. The van der Waals surface area contributed by atoms with Gasteiger partial charge in [0.05, 0.1) is 13.2 Å². The van der Waals surface area contributed by atoms with Crippen LogP contribution in [0.1, 0.15) is 37.3 Å². The Morgan fingerprint density at radius 1 is 1.38 bits per heavy atom. The van der Waals surface area contributed by atoms with Crippen LogP contribution in [0.3, 0.4) is 0 Å². The zero-order chi connectivity index (χ0) is 15.1. The molecule has 0 saturated carbocycles. The Labute approximate surface area is 127 Å². The molecule has 1 atom stereocenters. The number of rotatable bonds is 5. The molecule has 3 heteroatoms. The molecule has 2 rings (SSSR count). The number of ether oxygens (including phenoxy) is 1. The highest BCUT2D eigenvalue weighted by Gasteiger charge is 2.23. The largest absolute Gasteiger partial charge is 0.497 e. The summed E-state index contributed by atoms with van der Waals surface area (Å²) in [5, 5.41) is 8.69. The second kappa shape index (κ2) is 7.60. The van der Waals surface area contributed by atoms with Gasteiger partial charge in [0.15, 0.2) is 0 Å². The van der Waals surface area contributed by atoms with E-state index in [1.165, 1.54) is 11.1 Å². The summed E-state index contributed by atoms with van der Waals surface area (Å²) >= 11 is 0. The van der Waals surface area contributed by atoms with Gasteiger partial charge in [0, 0.05) is 25.1 Å². The van der Waals surface area contributed by atoms with Crippen LogP contribution in [-0.2, 0) is 12.8 Å². The molecule has 0 unspecified atom stereocenters. The molecule has 0 N–H and O–H groups in total. The van der Waals surface area contributed by atoms with Gasteiger partial charge in [-0.15, -0.1) is 0 Å². The van der Waals surface area contributed by atoms with E-state index in [4.69, 9.17) is 10.00 Å². The van der Waals surface area contributed by atoms with Crippen molar-refractivity contribution in [3.8, 4) is 23.8 Å². The minimum Gasteiger partial charge on any atom is -0.497 e. The van der Waals surface area contributed by atoms with Gasteiger partial charge < -0.3 is 9.64 Å². The van der Waals surface area contributed by atoms with Gasteiger partial charge in [-0.1, -0.05) is 12.0 Å². The number of benzene rings is 1. The molecular weight excluding hydrogens is 260 g/mol. The molecule has 0 saturated heterocycles. The van der Waals surface area contributed by atoms with Gasteiger partial charge in [0.2, 0.25) is 0 Å². The van der Waals surface area contributed by atoms with Crippen molar-refractivity contribution in [1.82, 2.24) is 4.90 Å². The molecular formula is C18H22N2O. The SMILES string of the molecule is CC#CN(CCCC#N)[C@@H]1CCc2ccc(OC)cc2C1. The highest BCUT2D eigenvalue weighted by atomic mass is 16.5. The van der Waals surface area contributed by atoms with Crippen LogP contribution in [0.2, 0.25) is 0 Å². The first-order valence-corrected chi connectivity index (χ1v) is 7.50. The fourth-order valence-electron chi connectivity index (χ4n) is 2.91. The van der Waals surface area contributed by atoms with E-state index in [1.807, 2.05) is 13.0 Å². The molecule has 0 radical (unpaired) electrons. The maximum Gasteiger partial charge on any atom is 0.119 e. The molecule has 0 amide bonds. The molecule has 0 heterocycles. The number of nitriles is 1. The van der Waals surface area contributed by atoms with Crippen molar-refractivity contribution in [2.75, 3.05) is 13.7 Å². The quantitative estimate of drug-likeness (QED) is 0.473. The Morgan fingerprint density at radius 3 is 2.95 bits per heavy atom. The highest BCUT2D eigenvalue weighted by molar-refractivity contribution is 5.38. The lowest BCUT2D eigenvalue weighted by Crippen LogP contribution is -2.36. The summed E-state index contributed by atoms with van der Waals surface area (Å²) in [5.74, 6) is 3.93. The van der Waals surface area contributed by atoms with Gasteiger partial charge in [0.25, 0.3) is 0 Å². The Hall–Kier alpha value is -2.13. The van der Waals surface area contributed by atoms with E-state index >= 15 is 0 Å². The van der Waals surface area contributed by atoms with Crippen LogP contribution in [0.4, 0.5) is 0 Å². The summed E-state index contributed by atoms with van der Waals surface area (Å²) in [6, 6.07) is 12.2. The van der Waals surface area contributed by atoms with Crippen molar-refractivity contribution in [2.24, 2.45) is 0 Å². The lowest BCUT2D eigenvalue weighted by atomic mass is 9.87. The van der Waals surface area contributed by atoms with Crippen LogP contribution in [0.25, 0.3) is 0 Å². The Kier molecular flexibility index (Phi) is 5.52. The molecule has 0 spiro atoms. The molecule has 21 heavy (non-hydrogen) atoms. The lowest BCUT2D eigenvalue weighted by Gasteiger charge is -2.32. The second-order valence-corrected chi connectivity index (χ2v) is 5.35. The molecule has 0 fully saturated rings. The third-order valence-electron chi connectivity index (χ3n) is 4.00. The van der Waals surface area contributed by atoms with Crippen LogP contribution in [0.5, 0.6) is 5.75 Å². The van der Waals surface area contributed by atoms with Crippen molar-refractivity contribution in [3.63, 3.8) is 0 Å². The molecule has 110 valence electrons. The van der Waals surface area contributed by atoms with Gasteiger partial charge >= 0.3 is 0 Å². The standard InChI is InChI=1S/C18H22N2O/c1-3-11-20(12-5-4-10-19)17-8-6-15-7-9-18(21-2)14-16(15)13-17/h7,9,14,17H,4-6,8,12-13H2,1-2H3/t17-/m1/s1. The monoisotopic (exact) mass is 282 g/mol. The maximum absolute atomic E-state index is 8.69. The summed E-state index contributed by atoms with van der Waals surface area (Å²) in [6.07, 6.45) is 4.70. The van der Waals surface area contributed by atoms with Gasteiger partial charge in [0.1, 0.15) is 5.75 Å². The molecule has 0 bridgehead atoms. The summed E-state index contributed by atoms with van der Waals surface area (Å²) in [6.45, 7) is 2.75. The topological polar surface area (TPSA) is 36.3 Å². The van der Waals surface area contributed by atoms with E-state index in [0.29, 0.717) is 12.5 Å². The molecule has 0 aromatic heterocycles. The zero-order valence-electron chi connectivity index (χ0n) is 12.9. The first kappa shape index (κ1) is 15.3. The van der Waals surface area contributed by atoms with Gasteiger partial charge in [-0.2, -0.15) is 5.26 Å². The summed E-state index contributed by atoms with van der Waals surface area (Å²) in [7, 11) is 1.71. The second-order valence-electron chi connectivity index (χ2n) is 5.35. The van der Waals surface area contributed by atoms with Gasteiger partial charge in [-0.05, 0) is 55.9 Å². The predicted octanol–water partition coefficient (Wildman–Crippen LogP) is 3.14. The smallest absolute Gasteiger partial charge is 0.119 e. The summed E-state index contributed by atoms with van der Waals surface area (Å²) in [5.41, 5.74) is 2.79. The van der Waals surface area contributed by atoms with E-state index in [2.05, 4.69) is 35.1 Å². The number of methoxy groups -OCH3 is 1. The van der Waals surface area contributed by atoms with Crippen molar-refractivity contribution in [3.05, 3.63) is 29.3 Å². The van der Waals surface area contributed by atoms with E-state index < -0.39 is 0 Å².